The van der Waals surface area contributed by atoms with Gasteiger partial charge in [-0.05, 0) is 19.4 Å². The van der Waals surface area contributed by atoms with E-state index in [1.54, 1.807) is 17.7 Å². The molecular weight excluding hydrogens is 216 g/mol. The number of nitrogens with one attached hydrogen (secondary N) is 1. The largest absolute Gasteiger partial charge is 0.383 e. The Bertz CT molecular complexity index is 387. The molecule has 1 aromatic rings. The molecule has 1 aromatic heterocycles. The highest BCUT2D eigenvalue weighted by molar-refractivity contribution is 5.41. The molecule has 0 bridgehead atoms. The van der Waals surface area contributed by atoms with Gasteiger partial charge in [-0.2, -0.15) is 0 Å². The van der Waals surface area contributed by atoms with Crippen LogP contribution in [0.2, 0.25) is 0 Å². The summed E-state index contributed by atoms with van der Waals surface area (Å²) in [5.41, 5.74) is 0.998. The lowest BCUT2D eigenvalue weighted by Crippen LogP contribution is -2.22. The Hall–Kier alpha value is -1.29. The van der Waals surface area contributed by atoms with Crippen LogP contribution in [0.5, 0.6) is 0 Å². The first kappa shape index (κ1) is 13.8. The van der Waals surface area contributed by atoms with E-state index in [1.165, 1.54) is 0 Å². The zero-order valence-corrected chi connectivity index (χ0v) is 10.9. The molecule has 0 aliphatic heterocycles. The number of pyridine rings is 1. The molecule has 1 N–H and O–H groups in total. The van der Waals surface area contributed by atoms with Crippen molar-refractivity contribution in [1.29, 1.82) is 0 Å². The smallest absolute Gasteiger partial charge is 0.250 e. The van der Waals surface area contributed by atoms with Crippen molar-refractivity contribution in [3.8, 4) is 0 Å². The Morgan fingerprint density at radius 3 is 2.88 bits per heavy atom. The second-order valence-corrected chi connectivity index (χ2v) is 4.28. The summed E-state index contributed by atoms with van der Waals surface area (Å²) in [7, 11) is 1.64. The Morgan fingerprint density at radius 1 is 1.47 bits per heavy atom. The van der Waals surface area contributed by atoms with Crippen molar-refractivity contribution in [1.82, 2.24) is 4.57 Å². The van der Waals surface area contributed by atoms with Gasteiger partial charge in [-0.3, -0.25) is 4.79 Å². The summed E-state index contributed by atoms with van der Waals surface area (Å²) in [5, 5.41) is 3.39. The maximum Gasteiger partial charge on any atom is 0.250 e. The number of anilines is 1. The van der Waals surface area contributed by atoms with E-state index in [1.807, 2.05) is 12.3 Å². The lowest BCUT2D eigenvalue weighted by atomic mass is 10.2. The van der Waals surface area contributed by atoms with Crippen LogP contribution in [0.15, 0.2) is 23.1 Å². The van der Waals surface area contributed by atoms with Gasteiger partial charge in [-0.1, -0.05) is 13.3 Å². The van der Waals surface area contributed by atoms with E-state index in [2.05, 4.69) is 19.2 Å². The molecule has 0 aliphatic rings. The number of ether oxygens (including phenoxy) is 1. The number of methoxy groups -OCH3 is 1. The van der Waals surface area contributed by atoms with E-state index in [9.17, 15) is 4.79 Å². The topological polar surface area (TPSA) is 43.3 Å². The van der Waals surface area contributed by atoms with Crippen molar-refractivity contribution >= 4 is 5.69 Å². The average molecular weight is 238 g/mol. The molecule has 1 atom stereocenters. The van der Waals surface area contributed by atoms with Gasteiger partial charge in [-0.25, -0.2) is 0 Å². The maximum atomic E-state index is 11.6. The summed E-state index contributed by atoms with van der Waals surface area (Å²) in [6, 6.07) is 3.85. The standard InChI is InChI=1S/C13H22N2O2/c1-4-5-11(2)14-12-6-7-13(16)15(10-12)8-9-17-3/h6-7,10-11,14H,4-5,8-9H2,1-3H3. The number of rotatable bonds is 7. The lowest BCUT2D eigenvalue weighted by Gasteiger charge is -2.15. The van der Waals surface area contributed by atoms with Gasteiger partial charge < -0.3 is 14.6 Å². The third kappa shape index (κ3) is 4.61. The predicted octanol–water partition coefficient (Wildman–Crippen LogP) is 2.10. The molecule has 4 nitrogen and oxygen atoms in total. The fourth-order valence-corrected chi connectivity index (χ4v) is 1.77. The predicted molar refractivity (Wildman–Crippen MR) is 70.6 cm³/mol. The monoisotopic (exact) mass is 238 g/mol. The highest BCUT2D eigenvalue weighted by atomic mass is 16.5. The molecule has 0 saturated heterocycles. The molecule has 0 aliphatic carbocycles. The molecule has 0 fully saturated rings. The molecule has 17 heavy (non-hydrogen) atoms. The average Bonchev–Trinajstić information content (AvgIpc) is 2.30. The number of nitrogens with zero attached hydrogens (tertiary/aromatic N) is 1. The van der Waals surface area contributed by atoms with Gasteiger partial charge in [0.2, 0.25) is 0 Å². The van der Waals surface area contributed by atoms with Gasteiger partial charge in [-0.15, -0.1) is 0 Å². The van der Waals surface area contributed by atoms with Crippen LogP contribution < -0.4 is 10.9 Å². The van der Waals surface area contributed by atoms with Gasteiger partial charge in [0.25, 0.3) is 5.56 Å². The minimum Gasteiger partial charge on any atom is -0.383 e. The molecule has 96 valence electrons. The van der Waals surface area contributed by atoms with Crippen molar-refractivity contribution in [2.45, 2.75) is 39.3 Å². The van der Waals surface area contributed by atoms with Crippen LogP contribution in [-0.2, 0) is 11.3 Å². The third-order valence-electron chi connectivity index (χ3n) is 2.65. The van der Waals surface area contributed by atoms with Gasteiger partial charge in [0.05, 0.1) is 12.3 Å². The molecule has 1 heterocycles. The third-order valence-corrected chi connectivity index (χ3v) is 2.65. The van der Waals surface area contributed by atoms with E-state index in [4.69, 9.17) is 4.74 Å². The zero-order valence-electron chi connectivity index (χ0n) is 10.9. The summed E-state index contributed by atoms with van der Waals surface area (Å²) in [6.45, 7) is 5.45. The van der Waals surface area contributed by atoms with Crippen LogP contribution >= 0.6 is 0 Å². The van der Waals surface area contributed by atoms with Gasteiger partial charge in [0.15, 0.2) is 0 Å². The van der Waals surface area contributed by atoms with Gasteiger partial charge >= 0.3 is 0 Å². The van der Waals surface area contributed by atoms with Crippen molar-refractivity contribution in [2.24, 2.45) is 0 Å². The second-order valence-electron chi connectivity index (χ2n) is 4.28. The Kier molecular flexibility index (Phi) is 5.77. The van der Waals surface area contributed by atoms with Crippen LogP contribution in [0.3, 0.4) is 0 Å². The fourth-order valence-electron chi connectivity index (χ4n) is 1.77. The second kappa shape index (κ2) is 7.12. The first-order valence-corrected chi connectivity index (χ1v) is 6.13. The first-order valence-electron chi connectivity index (χ1n) is 6.13. The van der Waals surface area contributed by atoms with Crippen LogP contribution in [0, 0.1) is 0 Å². The van der Waals surface area contributed by atoms with E-state index < -0.39 is 0 Å². The van der Waals surface area contributed by atoms with E-state index in [0.29, 0.717) is 19.2 Å². The van der Waals surface area contributed by atoms with E-state index in [-0.39, 0.29) is 5.56 Å². The SMILES string of the molecule is CCCC(C)Nc1ccc(=O)n(CCOC)c1. The quantitative estimate of drug-likeness (QED) is 0.791. The van der Waals surface area contributed by atoms with Crippen molar-refractivity contribution in [2.75, 3.05) is 19.0 Å². The molecule has 0 aromatic carbocycles. The fraction of sp³-hybridized carbons (Fsp3) is 0.615. The summed E-state index contributed by atoms with van der Waals surface area (Å²) >= 11 is 0. The first-order chi connectivity index (χ1) is 8.17. The zero-order chi connectivity index (χ0) is 12.7. The molecule has 4 heteroatoms. The molecule has 0 spiro atoms. The van der Waals surface area contributed by atoms with Crippen molar-refractivity contribution in [3.63, 3.8) is 0 Å². The maximum absolute atomic E-state index is 11.6. The summed E-state index contributed by atoms with van der Waals surface area (Å²) in [4.78, 5) is 11.6. The van der Waals surface area contributed by atoms with Crippen LogP contribution in [0.25, 0.3) is 0 Å². The molecule has 0 radical (unpaired) electrons. The summed E-state index contributed by atoms with van der Waals surface area (Å²) in [5.74, 6) is 0. The van der Waals surface area contributed by atoms with E-state index in [0.717, 1.165) is 18.5 Å². The number of hydrogen-bond acceptors (Lipinski definition) is 3. The number of aromatic nitrogens is 1. The highest BCUT2D eigenvalue weighted by Gasteiger charge is 2.02. The van der Waals surface area contributed by atoms with Crippen molar-refractivity contribution in [3.05, 3.63) is 28.7 Å². The van der Waals surface area contributed by atoms with Crippen LogP contribution in [0.4, 0.5) is 5.69 Å². The Balaban J connectivity index is 2.70. The normalized spacial score (nSPS) is 12.4. The number of hydrogen-bond donors (Lipinski definition) is 1. The van der Waals surface area contributed by atoms with E-state index >= 15 is 0 Å². The minimum absolute atomic E-state index is 0.00995. The lowest BCUT2D eigenvalue weighted by molar-refractivity contribution is 0.186. The minimum atomic E-state index is 0.00995. The van der Waals surface area contributed by atoms with Gasteiger partial charge in [0, 0.05) is 32.0 Å². The van der Waals surface area contributed by atoms with Gasteiger partial charge in [0.1, 0.15) is 0 Å². The Labute approximate surface area is 103 Å². The molecular formula is C13H22N2O2. The molecule has 0 saturated carbocycles. The summed E-state index contributed by atoms with van der Waals surface area (Å²) < 4.78 is 6.65. The van der Waals surface area contributed by atoms with Crippen LogP contribution in [0.1, 0.15) is 26.7 Å². The highest BCUT2D eigenvalue weighted by Crippen LogP contribution is 2.08. The molecule has 1 unspecified atom stereocenters. The van der Waals surface area contributed by atoms with Crippen molar-refractivity contribution < 1.29 is 4.74 Å². The molecule has 1 rings (SSSR count). The van der Waals surface area contributed by atoms with Crippen LogP contribution in [-0.4, -0.2) is 24.3 Å². The summed E-state index contributed by atoms with van der Waals surface area (Å²) in [6.07, 6.45) is 4.13. The molecule has 0 amide bonds. The Morgan fingerprint density at radius 2 is 2.24 bits per heavy atom.